The molecule has 0 amide bonds. The molecule has 0 aromatic carbocycles. The summed E-state index contributed by atoms with van der Waals surface area (Å²) in [4.78, 5) is 4.17. The Bertz CT molecular complexity index is 748. The molecule has 0 spiro atoms. The van der Waals surface area contributed by atoms with Crippen molar-refractivity contribution in [3.8, 4) is 5.82 Å². The molecule has 104 valence electrons. The maximum atomic E-state index is 7.85. The van der Waals surface area contributed by atoms with Gasteiger partial charge in [-0.15, -0.1) is 0 Å². The molecule has 1 aliphatic heterocycles. The van der Waals surface area contributed by atoms with Crippen molar-refractivity contribution in [2.45, 2.75) is 38.9 Å². The van der Waals surface area contributed by atoms with Crippen LogP contribution in [0.1, 0.15) is 31.8 Å². The molecule has 2 aromatic rings. The largest absolute Gasteiger partial charge is 0.495 e. The first kappa shape index (κ1) is 10.1. The van der Waals surface area contributed by atoms with Crippen molar-refractivity contribution in [2.75, 3.05) is 0 Å². The second-order valence-corrected chi connectivity index (χ2v) is 5.80. The first-order valence-electron chi connectivity index (χ1n) is 7.97. The molecule has 2 aromatic heterocycles. The summed E-state index contributed by atoms with van der Waals surface area (Å²) in [7, 11) is -0.544. The Labute approximate surface area is 123 Å². The van der Waals surface area contributed by atoms with Gasteiger partial charge in [-0.3, -0.25) is 0 Å². The zero-order valence-electron chi connectivity index (χ0n) is 15.0. The van der Waals surface area contributed by atoms with Crippen LogP contribution in [-0.2, 0) is 9.31 Å². The number of hydrogen-bond acceptors (Lipinski definition) is 4. The molecule has 6 heteroatoms. The SMILES string of the molecule is [2H]c1nn(-c2cc(B3OC(C)(C)C(C)(C)O3)ccn2)c([2H])c1[2H]. The van der Waals surface area contributed by atoms with Crippen LogP contribution in [0.4, 0.5) is 0 Å². The second kappa shape index (κ2) is 4.43. The van der Waals surface area contributed by atoms with Crippen LogP contribution in [-0.4, -0.2) is 33.1 Å². The predicted octanol–water partition coefficient (Wildman–Crippen LogP) is 1.57. The molecule has 1 fully saturated rings. The second-order valence-electron chi connectivity index (χ2n) is 5.80. The van der Waals surface area contributed by atoms with E-state index in [0.717, 1.165) is 5.46 Å². The van der Waals surface area contributed by atoms with Crippen molar-refractivity contribution >= 4 is 12.6 Å². The molecule has 3 rings (SSSR count). The topological polar surface area (TPSA) is 49.2 Å². The Balaban J connectivity index is 1.97. The van der Waals surface area contributed by atoms with Gasteiger partial charge in [-0.1, -0.05) is 0 Å². The fourth-order valence-corrected chi connectivity index (χ4v) is 1.96. The smallest absolute Gasteiger partial charge is 0.399 e. The van der Waals surface area contributed by atoms with Gasteiger partial charge < -0.3 is 9.31 Å². The molecular formula is C14H18BN3O2. The lowest BCUT2D eigenvalue weighted by Gasteiger charge is -2.32. The summed E-state index contributed by atoms with van der Waals surface area (Å²) in [5.41, 5.74) is -0.145. The summed E-state index contributed by atoms with van der Waals surface area (Å²) in [5.74, 6) is 0.356. The molecule has 0 N–H and O–H groups in total. The monoisotopic (exact) mass is 274 g/mol. The predicted molar refractivity (Wildman–Crippen MR) is 77.1 cm³/mol. The standard InChI is InChI=1S/C14H18BN3O2/c1-13(2)14(3,4)20-15(19-13)11-6-8-16-12(10-11)18-9-5-7-17-18/h5-10H,1-4H3/i5D,7D,9D. The lowest BCUT2D eigenvalue weighted by atomic mass is 9.80. The zero-order chi connectivity index (χ0) is 17.0. The average molecular weight is 274 g/mol. The fraction of sp³-hybridized carbons (Fsp3) is 0.429. The van der Waals surface area contributed by atoms with Gasteiger partial charge in [0.25, 0.3) is 0 Å². The first-order chi connectivity index (χ1) is 10.6. The third-order valence-electron chi connectivity index (χ3n) is 3.88. The fourth-order valence-electron chi connectivity index (χ4n) is 1.96. The molecule has 0 unspecified atom stereocenters. The third kappa shape index (κ3) is 2.15. The summed E-state index contributed by atoms with van der Waals surface area (Å²) in [5, 5.41) is 3.87. The van der Waals surface area contributed by atoms with Gasteiger partial charge in [0.05, 0.1) is 15.3 Å². The summed E-state index contributed by atoms with van der Waals surface area (Å²) in [6.07, 6.45) is 1.15. The Hall–Kier alpha value is -1.66. The number of pyridine rings is 1. The molecule has 0 bridgehead atoms. The van der Waals surface area contributed by atoms with E-state index in [-0.39, 0.29) is 18.4 Å². The minimum Gasteiger partial charge on any atom is -0.399 e. The number of rotatable bonds is 2. The quantitative estimate of drug-likeness (QED) is 0.780. The number of hydrogen-bond donors (Lipinski definition) is 0. The van der Waals surface area contributed by atoms with Crippen molar-refractivity contribution in [1.29, 1.82) is 0 Å². The van der Waals surface area contributed by atoms with Crippen LogP contribution >= 0.6 is 0 Å². The number of nitrogens with zero attached hydrogens (tertiary/aromatic N) is 3. The average Bonchev–Trinajstić information content (AvgIpc) is 2.86. The van der Waals surface area contributed by atoms with Crippen molar-refractivity contribution in [1.82, 2.24) is 14.8 Å². The molecule has 0 saturated carbocycles. The zero-order valence-corrected chi connectivity index (χ0v) is 12.0. The van der Waals surface area contributed by atoms with Crippen molar-refractivity contribution in [2.24, 2.45) is 0 Å². The van der Waals surface area contributed by atoms with Crippen LogP contribution in [0.15, 0.2) is 36.7 Å². The van der Waals surface area contributed by atoms with E-state index in [1.165, 1.54) is 4.68 Å². The van der Waals surface area contributed by atoms with Crippen molar-refractivity contribution in [3.05, 3.63) is 36.7 Å². The van der Waals surface area contributed by atoms with Gasteiger partial charge in [0.15, 0.2) is 5.82 Å². The van der Waals surface area contributed by atoms with Gasteiger partial charge in [-0.05, 0) is 51.3 Å². The molecule has 0 aliphatic carbocycles. The highest BCUT2D eigenvalue weighted by Crippen LogP contribution is 2.36. The van der Waals surface area contributed by atoms with Crippen LogP contribution < -0.4 is 5.46 Å². The molecule has 5 nitrogen and oxygen atoms in total. The van der Waals surface area contributed by atoms with E-state index in [2.05, 4.69) is 10.1 Å². The van der Waals surface area contributed by atoms with E-state index in [1.54, 1.807) is 18.3 Å². The Morgan fingerprint density at radius 2 is 1.95 bits per heavy atom. The summed E-state index contributed by atoms with van der Waals surface area (Å²) in [6, 6.07) is 3.25. The van der Waals surface area contributed by atoms with E-state index in [1.807, 2.05) is 27.7 Å². The Morgan fingerprint density at radius 3 is 2.55 bits per heavy atom. The summed E-state index contributed by atoms with van der Waals surface area (Å²) >= 11 is 0. The van der Waals surface area contributed by atoms with Gasteiger partial charge in [0.2, 0.25) is 0 Å². The van der Waals surface area contributed by atoms with Gasteiger partial charge in [0.1, 0.15) is 0 Å². The molecule has 1 aliphatic rings. The van der Waals surface area contributed by atoms with Gasteiger partial charge in [0, 0.05) is 18.5 Å². The van der Waals surface area contributed by atoms with E-state index < -0.39 is 18.3 Å². The van der Waals surface area contributed by atoms with E-state index in [4.69, 9.17) is 13.4 Å². The van der Waals surface area contributed by atoms with E-state index in [9.17, 15) is 0 Å². The highest BCUT2D eigenvalue weighted by Gasteiger charge is 2.51. The van der Waals surface area contributed by atoms with E-state index >= 15 is 0 Å². The minimum absolute atomic E-state index is 0.173. The van der Waals surface area contributed by atoms with Gasteiger partial charge in [-0.2, -0.15) is 5.10 Å². The van der Waals surface area contributed by atoms with Crippen LogP contribution in [0, 0.1) is 0 Å². The molecular weight excluding hydrogens is 253 g/mol. The highest BCUT2D eigenvalue weighted by molar-refractivity contribution is 6.62. The highest BCUT2D eigenvalue weighted by atomic mass is 16.7. The molecule has 20 heavy (non-hydrogen) atoms. The minimum atomic E-state index is -0.544. The molecule has 1 saturated heterocycles. The van der Waals surface area contributed by atoms with Crippen LogP contribution in [0.25, 0.3) is 5.82 Å². The first-order valence-corrected chi connectivity index (χ1v) is 6.47. The van der Waals surface area contributed by atoms with Crippen molar-refractivity contribution in [3.63, 3.8) is 0 Å². The lowest BCUT2D eigenvalue weighted by molar-refractivity contribution is 0.00578. The summed E-state index contributed by atoms with van der Waals surface area (Å²) < 4.78 is 36.2. The normalized spacial score (nSPS) is 22.4. The molecule has 0 radical (unpaired) electrons. The molecule has 3 heterocycles. The van der Waals surface area contributed by atoms with Crippen LogP contribution in [0.5, 0.6) is 0 Å². The Morgan fingerprint density at radius 1 is 1.25 bits per heavy atom. The third-order valence-corrected chi connectivity index (χ3v) is 3.88. The lowest BCUT2D eigenvalue weighted by Crippen LogP contribution is -2.41. The maximum absolute atomic E-state index is 7.85. The maximum Gasteiger partial charge on any atom is 0.495 e. The Kier molecular flexibility index (Phi) is 2.24. The molecule has 0 atom stereocenters. The summed E-state index contributed by atoms with van der Waals surface area (Å²) in [6.45, 7) is 7.90. The van der Waals surface area contributed by atoms with Gasteiger partial charge >= 0.3 is 7.12 Å². The van der Waals surface area contributed by atoms with Crippen molar-refractivity contribution < 1.29 is 13.4 Å². The van der Waals surface area contributed by atoms with E-state index in [0.29, 0.717) is 5.82 Å². The number of aromatic nitrogens is 3. The van der Waals surface area contributed by atoms with Crippen LogP contribution in [0.3, 0.4) is 0 Å². The van der Waals surface area contributed by atoms with Gasteiger partial charge in [-0.25, -0.2) is 9.67 Å². The van der Waals surface area contributed by atoms with Crippen LogP contribution in [0.2, 0.25) is 0 Å².